The Labute approximate surface area is 121 Å². The van der Waals surface area contributed by atoms with Crippen molar-refractivity contribution in [2.45, 2.75) is 17.6 Å². The minimum Gasteiger partial charge on any atom is -0.322 e. The van der Waals surface area contributed by atoms with Crippen molar-refractivity contribution in [3.63, 3.8) is 0 Å². The molecule has 0 radical (unpaired) electrons. The molecule has 3 rings (SSSR count). The van der Waals surface area contributed by atoms with Crippen LogP contribution in [0, 0.1) is 6.92 Å². The molecule has 0 amide bonds. The van der Waals surface area contributed by atoms with E-state index in [1.165, 1.54) is 0 Å². The Kier molecular flexibility index (Phi) is 3.56. The normalized spacial score (nSPS) is 10.8. The van der Waals surface area contributed by atoms with E-state index in [-0.39, 0.29) is 5.56 Å². The Bertz CT molecular complexity index is 811. The maximum atomic E-state index is 12.1. The number of aromatic amines is 1. The topological polar surface area (TPSA) is 45.8 Å². The van der Waals surface area contributed by atoms with Gasteiger partial charge < -0.3 is 4.98 Å². The highest BCUT2D eigenvalue weighted by Gasteiger charge is 2.05. The summed E-state index contributed by atoms with van der Waals surface area (Å²) < 4.78 is 0. The van der Waals surface area contributed by atoms with Crippen molar-refractivity contribution < 1.29 is 0 Å². The molecule has 1 N–H and O–H groups in total. The molecule has 0 aliphatic carbocycles. The van der Waals surface area contributed by atoms with Crippen LogP contribution >= 0.6 is 11.8 Å². The van der Waals surface area contributed by atoms with Crippen LogP contribution in [0.2, 0.25) is 0 Å². The lowest BCUT2D eigenvalue weighted by Crippen LogP contribution is -2.11. The fourth-order valence-corrected chi connectivity index (χ4v) is 3.04. The summed E-state index contributed by atoms with van der Waals surface area (Å²) in [5.41, 5.74) is 2.80. The Morgan fingerprint density at radius 2 is 2.10 bits per heavy atom. The molecule has 3 aromatic rings. The molecular formula is C16H14N2OS. The summed E-state index contributed by atoms with van der Waals surface area (Å²) in [4.78, 5) is 20.2. The lowest BCUT2D eigenvalue weighted by atomic mass is 10.2. The molecule has 0 aliphatic rings. The molecule has 3 nitrogen and oxygen atoms in total. The first-order chi connectivity index (χ1) is 9.74. The fraction of sp³-hybridized carbons (Fsp3) is 0.125. The molecular weight excluding hydrogens is 268 g/mol. The van der Waals surface area contributed by atoms with Crippen molar-refractivity contribution >= 4 is 22.7 Å². The summed E-state index contributed by atoms with van der Waals surface area (Å²) in [6.45, 7) is 2.03. The molecule has 4 heteroatoms. The van der Waals surface area contributed by atoms with E-state index in [2.05, 4.69) is 9.97 Å². The minimum absolute atomic E-state index is 0.0112. The average Bonchev–Trinajstić information content (AvgIpc) is 2.46. The van der Waals surface area contributed by atoms with Crippen LogP contribution in [-0.2, 0) is 5.75 Å². The Balaban J connectivity index is 1.89. The first-order valence-electron chi connectivity index (χ1n) is 6.38. The van der Waals surface area contributed by atoms with Crippen molar-refractivity contribution in [2.75, 3.05) is 0 Å². The van der Waals surface area contributed by atoms with Crippen LogP contribution in [-0.4, -0.2) is 9.97 Å². The lowest BCUT2D eigenvalue weighted by molar-refractivity contribution is 1.17. The van der Waals surface area contributed by atoms with Crippen molar-refractivity contribution in [1.82, 2.24) is 9.97 Å². The number of aromatic nitrogens is 2. The molecule has 20 heavy (non-hydrogen) atoms. The highest BCUT2D eigenvalue weighted by molar-refractivity contribution is 7.98. The maximum absolute atomic E-state index is 12.1. The van der Waals surface area contributed by atoms with Crippen LogP contribution in [0.15, 0.2) is 58.5 Å². The minimum atomic E-state index is -0.0112. The van der Waals surface area contributed by atoms with Crippen LogP contribution in [0.5, 0.6) is 0 Å². The van der Waals surface area contributed by atoms with Gasteiger partial charge in [-0.1, -0.05) is 18.2 Å². The first-order valence-corrected chi connectivity index (χ1v) is 7.37. The number of nitrogens with zero attached hydrogens (tertiary/aromatic N) is 1. The molecule has 0 atom stereocenters. The third-order valence-corrected chi connectivity index (χ3v) is 4.41. The zero-order valence-corrected chi connectivity index (χ0v) is 11.9. The number of hydrogen-bond acceptors (Lipinski definition) is 3. The van der Waals surface area contributed by atoms with Crippen LogP contribution in [0.25, 0.3) is 10.9 Å². The molecule has 0 bridgehead atoms. The van der Waals surface area contributed by atoms with Gasteiger partial charge in [0.2, 0.25) is 0 Å². The van der Waals surface area contributed by atoms with Gasteiger partial charge in [0, 0.05) is 34.1 Å². The second-order valence-electron chi connectivity index (χ2n) is 4.64. The number of H-pyrrole nitrogens is 1. The highest BCUT2D eigenvalue weighted by atomic mass is 32.2. The molecule has 0 spiro atoms. The predicted molar refractivity (Wildman–Crippen MR) is 83.1 cm³/mol. The van der Waals surface area contributed by atoms with Gasteiger partial charge in [0.25, 0.3) is 5.56 Å². The second-order valence-corrected chi connectivity index (χ2v) is 5.66. The zero-order chi connectivity index (χ0) is 13.9. The van der Waals surface area contributed by atoms with Crippen molar-refractivity contribution in [3.8, 4) is 0 Å². The Morgan fingerprint density at radius 1 is 1.25 bits per heavy atom. The van der Waals surface area contributed by atoms with Crippen LogP contribution in [0.1, 0.15) is 11.1 Å². The van der Waals surface area contributed by atoms with Crippen molar-refractivity contribution in [3.05, 3.63) is 70.3 Å². The van der Waals surface area contributed by atoms with Gasteiger partial charge in [0.05, 0.1) is 0 Å². The lowest BCUT2D eigenvalue weighted by Gasteiger charge is -2.05. The van der Waals surface area contributed by atoms with Gasteiger partial charge in [-0.3, -0.25) is 9.78 Å². The molecule has 100 valence electrons. The number of nitrogens with one attached hydrogen (secondary N) is 1. The van der Waals surface area contributed by atoms with E-state index in [4.69, 9.17) is 0 Å². The molecule has 0 unspecified atom stereocenters. The summed E-state index contributed by atoms with van der Waals surface area (Å²) in [6.07, 6.45) is 3.62. The molecule has 0 saturated carbocycles. The van der Waals surface area contributed by atoms with Gasteiger partial charge in [0.1, 0.15) is 0 Å². The van der Waals surface area contributed by atoms with E-state index in [0.29, 0.717) is 5.75 Å². The van der Waals surface area contributed by atoms with E-state index < -0.39 is 0 Å². The Morgan fingerprint density at radius 3 is 2.95 bits per heavy atom. The fourth-order valence-electron chi connectivity index (χ4n) is 2.08. The number of aryl methyl sites for hydroxylation is 1. The molecule has 1 aromatic carbocycles. The summed E-state index contributed by atoms with van der Waals surface area (Å²) >= 11 is 1.66. The zero-order valence-electron chi connectivity index (χ0n) is 11.1. The molecule has 0 aliphatic heterocycles. The van der Waals surface area contributed by atoms with Gasteiger partial charge in [-0.05, 0) is 36.1 Å². The number of rotatable bonds is 3. The molecule has 0 fully saturated rings. The standard InChI is InChI=1S/C16H14N2OS/c1-11-9-17-7-6-15(11)20-10-13-8-12-4-2-3-5-14(12)18-16(13)19/h2-9H,10H2,1H3,(H,18,19). The SMILES string of the molecule is Cc1cnccc1SCc1cc2ccccc2[nH]c1=O. The number of para-hydroxylation sites is 1. The summed E-state index contributed by atoms with van der Waals surface area (Å²) in [6, 6.07) is 11.8. The monoisotopic (exact) mass is 282 g/mol. The number of benzene rings is 1. The highest BCUT2D eigenvalue weighted by Crippen LogP contribution is 2.24. The maximum Gasteiger partial charge on any atom is 0.252 e. The summed E-state index contributed by atoms with van der Waals surface area (Å²) in [7, 11) is 0. The van der Waals surface area contributed by atoms with E-state index in [1.807, 2.05) is 49.5 Å². The number of hydrogen-bond donors (Lipinski definition) is 1. The van der Waals surface area contributed by atoms with Crippen LogP contribution in [0.4, 0.5) is 0 Å². The second kappa shape index (κ2) is 5.51. The van der Waals surface area contributed by atoms with Gasteiger partial charge in [-0.2, -0.15) is 0 Å². The first kappa shape index (κ1) is 12.9. The summed E-state index contributed by atoms with van der Waals surface area (Å²) in [5.74, 6) is 0.658. The number of thioether (sulfide) groups is 1. The third-order valence-electron chi connectivity index (χ3n) is 3.18. The van der Waals surface area contributed by atoms with Crippen LogP contribution in [0.3, 0.4) is 0 Å². The van der Waals surface area contributed by atoms with Crippen molar-refractivity contribution in [2.24, 2.45) is 0 Å². The number of fused-ring (bicyclic) bond motifs is 1. The quantitative estimate of drug-likeness (QED) is 0.748. The Hall–Kier alpha value is -2.07. The van der Waals surface area contributed by atoms with E-state index >= 15 is 0 Å². The van der Waals surface area contributed by atoms with Gasteiger partial charge in [0.15, 0.2) is 0 Å². The van der Waals surface area contributed by atoms with Gasteiger partial charge in [-0.15, -0.1) is 11.8 Å². The van der Waals surface area contributed by atoms with E-state index in [1.54, 1.807) is 18.0 Å². The smallest absolute Gasteiger partial charge is 0.252 e. The largest absolute Gasteiger partial charge is 0.322 e. The predicted octanol–water partition coefficient (Wildman–Crippen LogP) is 3.52. The van der Waals surface area contributed by atoms with Crippen LogP contribution < -0.4 is 5.56 Å². The number of pyridine rings is 2. The summed E-state index contributed by atoms with van der Waals surface area (Å²) in [5, 5.41) is 1.06. The third kappa shape index (κ3) is 2.60. The van der Waals surface area contributed by atoms with Crippen molar-refractivity contribution in [1.29, 1.82) is 0 Å². The molecule has 2 aromatic heterocycles. The van der Waals surface area contributed by atoms with Gasteiger partial charge >= 0.3 is 0 Å². The van der Waals surface area contributed by atoms with E-state index in [0.717, 1.165) is 26.9 Å². The molecule has 2 heterocycles. The average molecular weight is 282 g/mol. The van der Waals surface area contributed by atoms with E-state index in [9.17, 15) is 4.79 Å². The van der Waals surface area contributed by atoms with Gasteiger partial charge in [-0.25, -0.2) is 0 Å². The molecule has 0 saturated heterocycles.